The third-order valence-electron chi connectivity index (χ3n) is 4.10. The summed E-state index contributed by atoms with van der Waals surface area (Å²) in [5, 5.41) is 10.0. The minimum absolute atomic E-state index is 0.0226. The second-order valence-electron chi connectivity index (χ2n) is 6.46. The van der Waals surface area contributed by atoms with Crippen LogP contribution in [0.25, 0.3) is 0 Å². The Morgan fingerprint density at radius 2 is 2.16 bits per heavy atom. The highest BCUT2D eigenvalue weighted by Crippen LogP contribution is 2.33. The van der Waals surface area contributed by atoms with Crippen molar-refractivity contribution in [2.24, 2.45) is 0 Å². The molecule has 0 aliphatic carbocycles. The molecule has 1 aromatic heterocycles. The van der Waals surface area contributed by atoms with Gasteiger partial charge in [0, 0.05) is 6.54 Å². The number of β-amino-alcohol motifs (C(OH)–C–C–N with tert-alkyl or cyclic N) is 1. The number of carbonyl (C=O) groups is 1. The lowest BCUT2D eigenvalue weighted by atomic mass is 10.0. The van der Waals surface area contributed by atoms with Crippen LogP contribution in [0.4, 0.5) is 4.39 Å². The van der Waals surface area contributed by atoms with E-state index in [4.69, 9.17) is 4.74 Å². The normalized spacial score (nSPS) is 20.1. The van der Waals surface area contributed by atoms with Crippen LogP contribution in [0.3, 0.4) is 0 Å². The van der Waals surface area contributed by atoms with E-state index in [9.17, 15) is 14.3 Å². The highest BCUT2D eigenvalue weighted by Gasteiger charge is 2.36. The van der Waals surface area contributed by atoms with E-state index in [1.165, 1.54) is 18.3 Å². The van der Waals surface area contributed by atoms with Crippen molar-refractivity contribution >= 4 is 5.91 Å². The van der Waals surface area contributed by atoms with Crippen molar-refractivity contribution in [1.82, 2.24) is 9.88 Å². The Kier molecular flexibility index (Phi) is 4.99. The van der Waals surface area contributed by atoms with Gasteiger partial charge >= 0.3 is 0 Å². The lowest BCUT2D eigenvalue weighted by Crippen LogP contribution is -2.32. The monoisotopic (exact) mass is 344 g/mol. The molecule has 0 radical (unpaired) electrons. The van der Waals surface area contributed by atoms with Gasteiger partial charge in [-0.05, 0) is 50.1 Å². The van der Waals surface area contributed by atoms with E-state index < -0.39 is 6.10 Å². The van der Waals surface area contributed by atoms with E-state index in [1.807, 2.05) is 13.8 Å². The van der Waals surface area contributed by atoms with E-state index in [-0.39, 0.29) is 36.1 Å². The van der Waals surface area contributed by atoms with Gasteiger partial charge in [-0.25, -0.2) is 9.37 Å². The summed E-state index contributed by atoms with van der Waals surface area (Å²) in [4.78, 5) is 18.5. The van der Waals surface area contributed by atoms with Gasteiger partial charge in [0.15, 0.2) is 0 Å². The van der Waals surface area contributed by atoms with Crippen molar-refractivity contribution in [1.29, 1.82) is 0 Å². The first-order chi connectivity index (χ1) is 11.9. The topological polar surface area (TPSA) is 62.7 Å². The fourth-order valence-corrected chi connectivity index (χ4v) is 3.06. The number of carbonyl (C=O) groups excluding carboxylic acids is 1. The summed E-state index contributed by atoms with van der Waals surface area (Å²) < 4.78 is 19.1. The van der Waals surface area contributed by atoms with Crippen molar-refractivity contribution in [3.63, 3.8) is 0 Å². The van der Waals surface area contributed by atoms with Crippen LogP contribution in [0.5, 0.6) is 5.75 Å². The quantitative estimate of drug-likeness (QED) is 0.926. The van der Waals surface area contributed by atoms with Crippen LogP contribution < -0.4 is 4.74 Å². The molecule has 6 heteroatoms. The standard InChI is InChI=1S/C19H21FN2O3/c1-12(2)25-16-6-7-17(21-10-16)19(24)22-11-15(23)9-18(22)13-4-3-5-14(20)8-13/h3-8,10,12,15,18,23H,9,11H2,1-2H3/t15-,18-/m1/s1. The number of nitrogens with zero attached hydrogens (tertiary/aromatic N) is 2. The summed E-state index contributed by atoms with van der Waals surface area (Å²) in [6.45, 7) is 4.02. The van der Waals surface area contributed by atoms with E-state index >= 15 is 0 Å². The summed E-state index contributed by atoms with van der Waals surface area (Å²) in [5.74, 6) is -0.0591. The van der Waals surface area contributed by atoms with Crippen molar-refractivity contribution in [3.8, 4) is 5.75 Å². The number of aliphatic hydroxyl groups excluding tert-OH is 1. The number of rotatable bonds is 4. The summed E-state index contributed by atoms with van der Waals surface area (Å²) in [6.07, 6.45) is 1.27. The number of hydrogen-bond acceptors (Lipinski definition) is 4. The number of ether oxygens (including phenoxy) is 1. The predicted octanol–water partition coefficient (Wildman–Crippen LogP) is 2.96. The van der Waals surface area contributed by atoms with Gasteiger partial charge in [0.25, 0.3) is 5.91 Å². The molecule has 1 fully saturated rings. The van der Waals surface area contributed by atoms with E-state index in [0.29, 0.717) is 17.7 Å². The number of likely N-dealkylation sites (tertiary alicyclic amines) is 1. The molecule has 0 spiro atoms. The second-order valence-corrected chi connectivity index (χ2v) is 6.46. The molecule has 1 aromatic carbocycles. The first-order valence-electron chi connectivity index (χ1n) is 8.31. The molecule has 1 saturated heterocycles. The van der Waals surface area contributed by atoms with Gasteiger partial charge < -0.3 is 14.7 Å². The number of aromatic nitrogens is 1. The zero-order chi connectivity index (χ0) is 18.0. The van der Waals surface area contributed by atoms with E-state index in [1.54, 1.807) is 29.2 Å². The molecule has 1 aliphatic heterocycles. The summed E-state index contributed by atoms with van der Waals surface area (Å²) in [6, 6.07) is 9.06. The number of amides is 1. The molecule has 5 nitrogen and oxygen atoms in total. The molecule has 2 atom stereocenters. The highest BCUT2D eigenvalue weighted by molar-refractivity contribution is 5.93. The van der Waals surface area contributed by atoms with Crippen LogP contribution in [0.1, 0.15) is 42.4 Å². The van der Waals surface area contributed by atoms with Crippen molar-refractivity contribution in [3.05, 3.63) is 59.7 Å². The largest absolute Gasteiger partial charge is 0.489 e. The molecule has 132 valence electrons. The van der Waals surface area contributed by atoms with Gasteiger partial charge in [0.1, 0.15) is 17.3 Å². The Morgan fingerprint density at radius 3 is 2.80 bits per heavy atom. The molecule has 0 saturated carbocycles. The molecule has 1 N–H and O–H groups in total. The average Bonchev–Trinajstić information content (AvgIpc) is 2.96. The molecular formula is C19H21FN2O3. The Balaban J connectivity index is 1.82. The van der Waals surface area contributed by atoms with Crippen LogP contribution in [0.2, 0.25) is 0 Å². The van der Waals surface area contributed by atoms with E-state index in [2.05, 4.69) is 4.98 Å². The molecular weight excluding hydrogens is 323 g/mol. The zero-order valence-electron chi connectivity index (χ0n) is 14.2. The minimum Gasteiger partial charge on any atom is -0.489 e. The average molecular weight is 344 g/mol. The first-order valence-corrected chi connectivity index (χ1v) is 8.31. The number of pyridine rings is 1. The third kappa shape index (κ3) is 3.96. The molecule has 0 unspecified atom stereocenters. The molecule has 25 heavy (non-hydrogen) atoms. The number of benzene rings is 1. The fraction of sp³-hybridized carbons (Fsp3) is 0.368. The summed E-state index contributed by atoms with van der Waals surface area (Å²) >= 11 is 0. The number of hydrogen-bond donors (Lipinski definition) is 1. The van der Waals surface area contributed by atoms with Crippen molar-refractivity contribution < 1.29 is 19.0 Å². The Bertz CT molecular complexity index is 749. The van der Waals surface area contributed by atoms with Crippen LogP contribution >= 0.6 is 0 Å². The summed E-state index contributed by atoms with van der Waals surface area (Å²) in [7, 11) is 0. The van der Waals surface area contributed by atoms with Gasteiger partial charge in [-0.3, -0.25) is 4.79 Å². The van der Waals surface area contributed by atoms with Crippen molar-refractivity contribution in [2.45, 2.75) is 38.5 Å². The van der Waals surface area contributed by atoms with Crippen molar-refractivity contribution in [2.75, 3.05) is 6.54 Å². The van der Waals surface area contributed by atoms with Crippen LogP contribution in [-0.2, 0) is 0 Å². The Hall–Kier alpha value is -2.47. The lowest BCUT2D eigenvalue weighted by Gasteiger charge is -2.24. The summed E-state index contributed by atoms with van der Waals surface area (Å²) in [5.41, 5.74) is 0.941. The maximum Gasteiger partial charge on any atom is 0.273 e. The predicted molar refractivity (Wildman–Crippen MR) is 90.8 cm³/mol. The first kappa shape index (κ1) is 17.4. The fourth-order valence-electron chi connectivity index (χ4n) is 3.06. The molecule has 1 aliphatic rings. The van der Waals surface area contributed by atoms with Crippen LogP contribution in [0, 0.1) is 5.82 Å². The number of aliphatic hydroxyl groups is 1. The van der Waals surface area contributed by atoms with Crippen LogP contribution in [0.15, 0.2) is 42.6 Å². The maximum absolute atomic E-state index is 13.5. The second kappa shape index (κ2) is 7.19. The molecule has 0 bridgehead atoms. The Labute approximate surface area is 146 Å². The smallest absolute Gasteiger partial charge is 0.273 e. The Morgan fingerprint density at radius 1 is 1.36 bits per heavy atom. The van der Waals surface area contributed by atoms with Gasteiger partial charge in [0.2, 0.25) is 0 Å². The molecule has 1 amide bonds. The van der Waals surface area contributed by atoms with Gasteiger partial charge in [-0.15, -0.1) is 0 Å². The molecule has 2 aromatic rings. The van der Waals surface area contributed by atoms with Gasteiger partial charge in [-0.1, -0.05) is 12.1 Å². The van der Waals surface area contributed by atoms with Gasteiger partial charge in [-0.2, -0.15) is 0 Å². The van der Waals surface area contributed by atoms with E-state index in [0.717, 1.165) is 0 Å². The van der Waals surface area contributed by atoms with Crippen LogP contribution in [-0.4, -0.2) is 39.7 Å². The highest BCUT2D eigenvalue weighted by atomic mass is 19.1. The lowest BCUT2D eigenvalue weighted by molar-refractivity contribution is 0.0709. The third-order valence-corrected chi connectivity index (χ3v) is 4.10. The number of halogens is 1. The van der Waals surface area contributed by atoms with Gasteiger partial charge in [0.05, 0.1) is 24.4 Å². The zero-order valence-corrected chi connectivity index (χ0v) is 14.2. The molecule has 3 rings (SSSR count). The minimum atomic E-state index is -0.638. The molecule has 2 heterocycles. The maximum atomic E-state index is 13.5. The SMILES string of the molecule is CC(C)Oc1ccc(C(=O)N2C[C@H](O)C[C@@H]2c2cccc(F)c2)nc1.